The van der Waals surface area contributed by atoms with Gasteiger partial charge in [-0.25, -0.2) is 4.98 Å². The third-order valence-corrected chi connectivity index (χ3v) is 6.24. The second kappa shape index (κ2) is 7.36. The van der Waals surface area contributed by atoms with Gasteiger partial charge in [-0.05, 0) is 42.0 Å². The van der Waals surface area contributed by atoms with Crippen LogP contribution in [0.15, 0.2) is 64.5 Å². The summed E-state index contributed by atoms with van der Waals surface area (Å²) >= 11 is 14.2. The number of aromatic nitrogens is 3. The molecule has 0 amide bonds. The third kappa shape index (κ3) is 3.48. The van der Waals surface area contributed by atoms with Gasteiger partial charge in [-0.15, -0.1) is 0 Å². The van der Waals surface area contributed by atoms with Crippen molar-refractivity contribution in [2.24, 2.45) is 0 Å². The highest BCUT2D eigenvalue weighted by atomic mass is 35.5. The number of thiazole rings is 1. The average Bonchev–Trinajstić information content (AvgIpc) is 2.97. The van der Waals surface area contributed by atoms with E-state index in [9.17, 15) is 4.79 Å². The van der Waals surface area contributed by atoms with Crippen molar-refractivity contribution in [1.29, 1.82) is 0 Å². The minimum absolute atomic E-state index is 0.172. The minimum Gasteiger partial charge on any atom is -0.300 e. The molecule has 0 spiro atoms. The van der Waals surface area contributed by atoms with E-state index in [-0.39, 0.29) is 5.56 Å². The van der Waals surface area contributed by atoms with Crippen molar-refractivity contribution in [3.05, 3.63) is 79.5 Å². The van der Waals surface area contributed by atoms with Crippen LogP contribution in [0.3, 0.4) is 0 Å². The monoisotopic (exact) mass is 417 g/mol. The number of thioether (sulfide) groups is 1. The van der Waals surface area contributed by atoms with Crippen molar-refractivity contribution >= 4 is 57.3 Å². The summed E-state index contributed by atoms with van der Waals surface area (Å²) in [6.45, 7) is 0. The number of para-hydroxylation sites is 1. The molecule has 4 nitrogen and oxygen atoms in total. The molecular weight excluding hydrogens is 406 g/mol. The number of halogens is 1. The fourth-order valence-electron chi connectivity index (χ4n) is 2.54. The zero-order valence-electron chi connectivity index (χ0n) is 13.3. The molecule has 130 valence electrons. The van der Waals surface area contributed by atoms with Gasteiger partial charge in [-0.2, -0.15) is 0 Å². The van der Waals surface area contributed by atoms with Gasteiger partial charge in [0.25, 0.3) is 5.56 Å². The first kappa shape index (κ1) is 17.5. The average molecular weight is 418 g/mol. The molecule has 1 N–H and O–H groups in total. The van der Waals surface area contributed by atoms with E-state index in [1.54, 1.807) is 0 Å². The van der Waals surface area contributed by atoms with Crippen molar-refractivity contribution in [2.45, 2.75) is 10.9 Å². The van der Waals surface area contributed by atoms with Gasteiger partial charge in [-0.3, -0.25) is 9.36 Å². The Bertz CT molecular complexity index is 1200. The van der Waals surface area contributed by atoms with Crippen molar-refractivity contribution in [3.8, 4) is 5.69 Å². The lowest BCUT2D eigenvalue weighted by molar-refractivity contribution is 0.943. The smallest absolute Gasteiger partial charge is 0.271 e. The second-order valence-electron chi connectivity index (χ2n) is 5.48. The Kier molecular flexibility index (Phi) is 4.95. The topological polar surface area (TPSA) is 50.7 Å². The lowest BCUT2D eigenvalue weighted by atomic mass is 10.2. The summed E-state index contributed by atoms with van der Waals surface area (Å²) in [5.74, 6) is 0.658. The Balaban J connectivity index is 1.76. The summed E-state index contributed by atoms with van der Waals surface area (Å²) in [5.41, 5.74) is 2.38. The largest absolute Gasteiger partial charge is 0.300 e. The Morgan fingerprint density at radius 2 is 2.00 bits per heavy atom. The van der Waals surface area contributed by atoms with Crippen molar-refractivity contribution in [3.63, 3.8) is 0 Å². The molecule has 8 heteroatoms. The summed E-state index contributed by atoms with van der Waals surface area (Å²) in [6.07, 6.45) is 0. The summed E-state index contributed by atoms with van der Waals surface area (Å²) in [5, 5.41) is 1.25. The van der Waals surface area contributed by atoms with Crippen LogP contribution in [0.2, 0.25) is 5.02 Å². The summed E-state index contributed by atoms with van der Waals surface area (Å²) in [6, 6.07) is 17.3. The van der Waals surface area contributed by atoms with E-state index in [0.717, 1.165) is 11.3 Å². The molecule has 0 saturated heterocycles. The van der Waals surface area contributed by atoms with Crippen LogP contribution in [0.25, 0.3) is 16.0 Å². The Morgan fingerprint density at radius 3 is 2.77 bits per heavy atom. The van der Waals surface area contributed by atoms with Crippen LogP contribution in [0.1, 0.15) is 5.56 Å². The number of aromatic amines is 1. The number of nitrogens with zero attached hydrogens (tertiary/aromatic N) is 2. The molecule has 0 unspecified atom stereocenters. The maximum absolute atomic E-state index is 12.5. The molecule has 0 bridgehead atoms. The van der Waals surface area contributed by atoms with Gasteiger partial charge in [0.2, 0.25) is 0 Å². The van der Waals surface area contributed by atoms with Gasteiger partial charge in [0.15, 0.2) is 14.8 Å². The van der Waals surface area contributed by atoms with Crippen LogP contribution in [-0.2, 0) is 5.75 Å². The first-order valence-electron chi connectivity index (χ1n) is 7.70. The van der Waals surface area contributed by atoms with E-state index >= 15 is 0 Å². The standard InChI is InChI=1S/C18H12ClN3OS3/c19-12-6-4-5-11(9-12)10-25-17-20-15-14(16(23)21-17)26-18(24)22(15)13-7-2-1-3-8-13/h1-9H,10H2,(H,20,21,23). The highest BCUT2D eigenvalue weighted by Gasteiger charge is 2.13. The molecular formula is C18H12ClN3OS3. The summed E-state index contributed by atoms with van der Waals surface area (Å²) in [7, 11) is 0. The maximum atomic E-state index is 12.5. The van der Waals surface area contributed by atoms with Crippen LogP contribution >= 0.6 is 46.9 Å². The number of hydrogen-bond donors (Lipinski definition) is 1. The summed E-state index contributed by atoms with van der Waals surface area (Å²) < 4.78 is 2.97. The van der Waals surface area contributed by atoms with E-state index in [4.69, 9.17) is 23.8 Å². The predicted molar refractivity (Wildman–Crippen MR) is 111 cm³/mol. The van der Waals surface area contributed by atoms with Crippen LogP contribution in [0, 0.1) is 3.95 Å². The number of H-pyrrole nitrogens is 1. The molecule has 26 heavy (non-hydrogen) atoms. The molecule has 0 saturated carbocycles. The first-order chi connectivity index (χ1) is 12.6. The number of benzene rings is 2. The molecule has 0 aliphatic carbocycles. The zero-order valence-corrected chi connectivity index (χ0v) is 16.5. The number of nitrogens with one attached hydrogen (secondary N) is 1. The van der Waals surface area contributed by atoms with Crippen molar-refractivity contribution in [1.82, 2.24) is 14.5 Å². The van der Waals surface area contributed by atoms with Gasteiger partial charge in [-0.1, -0.05) is 65.0 Å². The molecule has 2 heterocycles. The molecule has 0 radical (unpaired) electrons. The molecule has 4 aromatic rings. The van der Waals surface area contributed by atoms with Gasteiger partial charge in [0.05, 0.1) is 0 Å². The Hall–Kier alpha value is -1.93. The molecule has 2 aromatic heterocycles. The van der Waals surface area contributed by atoms with Gasteiger partial charge in [0.1, 0.15) is 4.70 Å². The Morgan fingerprint density at radius 1 is 1.19 bits per heavy atom. The van der Waals surface area contributed by atoms with E-state index < -0.39 is 0 Å². The van der Waals surface area contributed by atoms with Crippen LogP contribution in [-0.4, -0.2) is 14.5 Å². The van der Waals surface area contributed by atoms with E-state index in [0.29, 0.717) is 30.2 Å². The number of rotatable bonds is 4. The van der Waals surface area contributed by atoms with Crippen LogP contribution in [0.5, 0.6) is 0 Å². The molecule has 2 aromatic carbocycles. The van der Waals surface area contributed by atoms with Gasteiger partial charge < -0.3 is 4.98 Å². The first-order valence-corrected chi connectivity index (χ1v) is 10.3. The quantitative estimate of drug-likeness (QED) is 0.272. The highest BCUT2D eigenvalue weighted by molar-refractivity contribution is 7.98. The summed E-state index contributed by atoms with van der Waals surface area (Å²) in [4.78, 5) is 20.0. The van der Waals surface area contributed by atoms with Crippen molar-refractivity contribution in [2.75, 3.05) is 0 Å². The normalized spacial score (nSPS) is 11.1. The van der Waals surface area contributed by atoms with Crippen LogP contribution < -0.4 is 5.56 Å². The fraction of sp³-hybridized carbons (Fsp3) is 0.0556. The molecule has 0 aliphatic rings. The van der Waals surface area contributed by atoms with Gasteiger partial charge in [0, 0.05) is 16.5 Å². The zero-order chi connectivity index (χ0) is 18.1. The molecule has 4 rings (SSSR count). The SMILES string of the molecule is O=c1[nH]c(SCc2cccc(Cl)c2)nc2c1sc(=S)n2-c1ccccc1. The lowest BCUT2D eigenvalue weighted by Gasteiger charge is -2.05. The van der Waals surface area contributed by atoms with E-state index in [2.05, 4.69) is 9.97 Å². The molecule has 0 aliphatic heterocycles. The van der Waals surface area contributed by atoms with E-state index in [1.807, 2.05) is 59.2 Å². The molecule has 0 atom stereocenters. The highest BCUT2D eigenvalue weighted by Crippen LogP contribution is 2.26. The van der Waals surface area contributed by atoms with Gasteiger partial charge >= 0.3 is 0 Å². The maximum Gasteiger partial charge on any atom is 0.271 e. The fourth-order valence-corrected chi connectivity index (χ4v) is 4.83. The van der Waals surface area contributed by atoms with Crippen LogP contribution in [0.4, 0.5) is 0 Å². The number of hydrogen-bond acceptors (Lipinski definition) is 5. The third-order valence-electron chi connectivity index (χ3n) is 3.70. The minimum atomic E-state index is -0.172. The number of fused-ring (bicyclic) bond motifs is 1. The van der Waals surface area contributed by atoms with Crippen molar-refractivity contribution < 1.29 is 0 Å². The predicted octanol–water partition coefficient (Wildman–Crippen LogP) is 5.45. The Labute approximate surface area is 167 Å². The second-order valence-corrected chi connectivity index (χ2v) is 8.53. The van der Waals surface area contributed by atoms with E-state index in [1.165, 1.54) is 23.1 Å². The lowest BCUT2D eigenvalue weighted by Crippen LogP contribution is -2.09. The molecule has 0 fully saturated rings.